The van der Waals surface area contributed by atoms with E-state index in [0.717, 1.165) is 37.5 Å². The summed E-state index contributed by atoms with van der Waals surface area (Å²) in [6.07, 6.45) is 6.39. The maximum Gasteiger partial charge on any atom is 0.123 e. The van der Waals surface area contributed by atoms with Crippen LogP contribution >= 0.6 is 0 Å². The van der Waals surface area contributed by atoms with Crippen molar-refractivity contribution in [2.24, 2.45) is 5.92 Å². The number of rotatable bonds is 8. The van der Waals surface area contributed by atoms with Gasteiger partial charge in [-0.05, 0) is 61.8 Å². The van der Waals surface area contributed by atoms with Gasteiger partial charge in [-0.3, -0.25) is 0 Å². The zero-order valence-electron chi connectivity index (χ0n) is 12.4. The van der Waals surface area contributed by atoms with Crippen LogP contribution in [0.2, 0.25) is 0 Å². The second kappa shape index (κ2) is 6.13. The van der Waals surface area contributed by atoms with Gasteiger partial charge in [0.2, 0.25) is 0 Å². The summed E-state index contributed by atoms with van der Waals surface area (Å²) in [4.78, 5) is 2.46. The van der Waals surface area contributed by atoms with E-state index in [4.69, 9.17) is 0 Å². The fraction of sp³-hybridized carbons (Fsp3) is 0.647. The molecular weight excluding hydrogens is 251 g/mol. The Morgan fingerprint density at radius 1 is 1.25 bits per heavy atom. The Morgan fingerprint density at radius 2 is 2.05 bits per heavy atom. The van der Waals surface area contributed by atoms with Gasteiger partial charge in [0.15, 0.2) is 0 Å². The highest BCUT2D eigenvalue weighted by atomic mass is 19.1. The number of halogens is 1. The SMILES string of the molecule is CCCN(CC1CC1)c1ccc(F)cc1CNC1CC1. The first-order valence-electron chi connectivity index (χ1n) is 8.03. The van der Waals surface area contributed by atoms with E-state index in [0.29, 0.717) is 6.04 Å². The summed E-state index contributed by atoms with van der Waals surface area (Å²) in [7, 11) is 0. The molecule has 0 aromatic heterocycles. The average molecular weight is 276 g/mol. The monoisotopic (exact) mass is 276 g/mol. The van der Waals surface area contributed by atoms with Gasteiger partial charge >= 0.3 is 0 Å². The molecule has 20 heavy (non-hydrogen) atoms. The molecule has 1 N–H and O–H groups in total. The van der Waals surface area contributed by atoms with Crippen LogP contribution in [0, 0.1) is 11.7 Å². The van der Waals surface area contributed by atoms with Gasteiger partial charge in [0.1, 0.15) is 5.82 Å². The van der Waals surface area contributed by atoms with Gasteiger partial charge in [-0.25, -0.2) is 4.39 Å². The molecule has 2 aliphatic carbocycles. The quantitative estimate of drug-likeness (QED) is 0.779. The Balaban J connectivity index is 1.75. The second-order valence-corrected chi connectivity index (χ2v) is 6.32. The van der Waals surface area contributed by atoms with Gasteiger partial charge < -0.3 is 10.2 Å². The largest absolute Gasteiger partial charge is 0.371 e. The fourth-order valence-corrected chi connectivity index (χ4v) is 2.74. The molecule has 0 heterocycles. The van der Waals surface area contributed by atoms with Crippen LogP contribution in [0.4, 0.5) is 10.1 Å². The van der Waals surface area contributed by atoms with E-state index in [1.54, 1.807) is 12.1 Å². The molecule has 2 aliphatic rings. The maximum atomic E-state index is 13.6. The fourth-order valence-electron chi connectivity index (χ4n) is 2.74. The lowest BCUT2D eigenvalue weighted by atomic mass is 10.1. The van der Waals surface area contributed by atoms with Crippen molar-refractivity contribution in [3.05, 3.63) is 29.6 Å². The van der Waals surface area contributed by atoms with Crippen molar-refractivity contribution in [1.82, 2.24) is 5.32 Å². The molecule has 1 aromatic rings. The predicted octanol–water partition coefficient (Wildman–Crippen LogP) is 3.70. The first kappa shape index (κ1) is 13.9. The molecule has 0 radical (unpaired) electrons. The van der Waals surface area contributed by atoms with Crippen LogP contribution in [0.25, 0.3) is 0 Å². The minimum absolute atomic E-state index is 0.121. The van der Waals surface area contributed by atoms with Gasteiger partial charge in [-0.1, -0.05) is 6.92 Å². The first-order chi connectivity index (χ1) is 9.76. The standard InChI is InChI=1S/C17H25FN2/c1-2-9-20(12-13-3-4-13)17-8-5-15(18)10-14(17)11-19-16-6-7-16/h5,8,10,13,16,19H,2-4,6-7,9,11-12H2,1H3. The minimum Gasteiger partial charge on any atom is -0.371 e. The smallest absolute Gasteiger partial charge is 0.123 e. The van der Waals surface area contributed by atoms with Gasteiger partial charge in [0.05, 0.1) is 0 Å². The van der Waals surface area contributed by atoms with Crippen molar-refractivity contribution in [2.45, 2.75) is 51.6 Å². The van der Waals surface area contributed by atoms with Crippen LogP contribution in [0.1, 0.15) is 44.6 Å². The Morgan fingerprint density at radius 3 is 2.70 bits per heavy atom. The van der Waals surface area contributed by atoms with E-state index >= 15 is 0 Å². The molecule has 0 atom stereocenters. The highest BCUT2D eigenvalue weighted by Crippen LogP contribution is 2.33. The Bertz CT molecular complexity index is 452. The normalized spacial score (nSPS) is 18.3. The number of nitrogens with zero attached hydrogens (tertiary/aromatic N) is 1. The van der Waals surface area contributed by atoms with E-state index in [1.165, 1.54) is 31.4 Å². The van der Waals surface area contributed by atoms with Crippen molar-refractivity contribution >= 4 is 5.69 Å². The van der Waals surface area contributed by atoms with Crippen LogP contribution in [0.15, 0.2) is 18.2 Å². The molecule has 0 unspecified atom stereocenters. The first-order valence-corrected chi connectivity index (χ1v) is 8.03. The lowest BCUT2D eigenvalue weighted by Gasteiger charge is -2.27. The van der Waals surface area contributed by atoms with Gasteiger partial charge in [0, 0.05) is 31.4 Å². The topological polar surface area (TPSA) is 15.3 Å². The van der Waals surface area contributed by atoms with Gasteiger partial charge in [0.25, 0.3) is 0 Å². The zero-order chi connectivity index (χ0) is 13.9. The summed E-state index contributed by atoms with van der Waals surface area (Å²) in [6.45, 7) is 5.21. The third kappa shape index (κ3) is 3.72. The molecule has 1 aromatic carbocycles. The number of hydrogen-bond donors (Lipinski definition) is 1. The molecular formula is C17H25FN2. The number of nitrogens with one attached hydrogen (secondary N) is 1. The Labute approximate surface area is 121 Å². The Hall–Kier alpha value is -1.09. The third-order valence-corrected chi connectivity index (χ3v) is 4.21. The second-order valence-electron chi connectivity index (χ2n) is 6.32. The molecule has 2 nitrogen and oxygen atoms in total. The van der Waals surface area contributed by atoms with Crippen molar-refractivity contribution in [3.63, 3.8) is 0 Å². The van der Waals surface area contributed by atoms with Crippen LogP contribution in [-0.2, 0) is 6.54 Å². The lowest BCUT2D eigenvalue weighted by molar-refractivity contribution is 0.616. The molecule has 2 saturated carbocycles. The average Bonchev–Trinajstić information content (AvgIpc) is 3.31. The zero-order valence-corrected chi connectivity index (χ0v) is 12.4. The van der Waals surface area contributed by atoms with Crippen molar-refractivity contribution in [2.75, 3.05) is 18.0 Å². The van der Waals surface area contributed by atoms with Crippen LogP contribution in [0.5, 0.6) is 0 Å². The summed E-state index contributed by atoms with van der Waals surface area (Å²) in [5.74, 6) is 0.736. The maximum absolute atomic E-state index is 13.6. The van der Waals surface area contributed by atoms with Crippen LogP contribution < -0.4 is 10.2 Å². The van der Waals surface area contributed by atoms with E-state index in [1.807, 2.05) is 6.07 Å². The van der Waals surface area contributed by atoms with Crippen molar-refractivity contribution < 1.29 is 4.39 Å². The highest BCUT2D eigenvalue weighted by molar-refractivity contribution is 5.54. The van der Waals surface area contributed by atoms with Crippen LogP contribution in [-0.4, -0.2) is 19.1 Å². The molecule has 110 valence electrons. The van der Waals surface area contributed by atoms with Gasteiger partial charge in [-0.15, -0.1) is 0 Å². The molecule has 3 heteroatoms. The number of benzene rings is 1. The summed E-state index contributed by atoms with van der Waals surface area (Å²) in [5, 5.41) is 3.51. The minimum atomic E-state index is -0.121. The summed E-state index contributed by atoms with van der Waals surface area (Å²) < 4.78 is 13.6. The Kier molecular flexibility index (Phi) is 4.25. The number of hydrogen-bond acceptors (Lipinski definition) is 2. The number of anilines is 1. The third-order valence-electron chi connectivity index (χ3n) is 4.21. The summed E-state index contributed by atoms with van der Waals surface area (Å²) in [6, 6.07) is 5.94. The van der Waals surface area contributed by atoms with Crippen LogP contribution in [0.3, 0.4) is 0 Å². The van der Waals surface area contributed by atoms with Crippen molar-refractivity contribution in [3.8, 4) is 0 Å². The molecule has 3 rings (SSSR count). The summed E-state index contributed by atoms with van der Waals surface area (Å²) >= 11 is 0. The molecule has 0 saturated heterocycles. The van der Waals surface area contributed by atoms with E-state index in [2.05, 4.69) is 17.1 Å². The molecule has 0 amide bonds. The van der Waals surface area contributed by atoms with Crippen molar-refractivity contribution in [1.29, 1.82) is 0 Å². The van der Waals surface area contributed by atoms with E-state index in [9.17, 15) is 4.39 Å². The summed E-state index contributed by atoms with van der Waals surface area (Å²) in [5.41, 5.74) is 2.35. The van der Waals surface area contributed by atoms with E-state index in [-0.39, 0.29) is 5.82 Å². The molecule has 0 aliphatic heterocycles. The molecule has 0 bridgehead atoms. The van der Waals surface area contributed by atoms with Gasteiger partial charge in [-0.2, -0.15) is 0 Å². The molecule has 2 fully saturated rings. The van der Waals surface area contributed by atoms with E-state index < -0.39 is 0 Å². The lowest BCUT2D eigenvalue weighted by Crippen LogP contribution is -2.28. The predicted molar refractivity (Wildman–Crippen MR) is 81.5 cm³/mol. The highest BCUT2D eigenvalue weighted by Gasteiger charge is 2.26. The molecule has 0 spiro atoms.